The van der Waals surface area contributed by atoms with E-state index in [0.717, 1.165) is 35.4 Å². The predicted molar refractivity (Wildman–Crippen MR) is 69.4 cm³/mol. The Hall–Kier alpha value is -1.05. The Balaban J connectivity index is 2.19. The summed E-state index contributed by atoms with van der Waals surface area (Å²) in [6.07, 6.45) is 5.54. The van der Waals surface area contributed by atoms with Gasteiger partial charge in [0.15, 0.2) is 3.83 Å². The molecule has 1 aliphatic carbocycles. The average Bonchev–Trinajstić information content (AvgIpc) is 2.73. The van der Waals surface area contributed by atoms with Crippen LogP contribution in [0.4, 0.5) is 4.39 Å². The summed E-state index contributed by atoms with van der Waals surface area (Å²) in [6.45, 7) is -0.124. The van der Waals surface area contributed by atoms with Crippen LogP contribution < -0.4 is 0 Å². The summed E-state index contributed by atoms with van der Waals surface area (Å²) in [5, 5.41) is 4.23. The van der Waals surface area contributed by atoms with E-state index in [2.05, 4.69) is 37.7 Å². The van der Waals surface area contributed by atoms with Gasteiger partial charge in [0.05, 0.1) is 24.1 Å². The third-order valence-electron chi connectivity index (χ3n) is 2.93. The second kappa shape index (κ2) is 4.32. The van der Waals surface area contributed by atoms with E-state index >= 15 is 0 Å². The molecule has 0 N–H and O–H groups in total. The van der Waals surface area contributed by atoms with Crippen molar-refractivity contribution in [1.82, 2.24) is 19.7 Å². The van der Waals surface area contributed by atoms with Gasteiger partial charge >= 0.3 is 0 Å². The minimum Gasteiger partial charge on any atom is -0.260 e. The zero-order valence-corrected chi connectivity index (χ0v) is 11.2. The molecular weight excluding hydrogens is 334 g/mol. The molecule has 0 saturated carbocycles. The third-order valence-corrected chi connectivity index (χ3v) is 3.45. The Morgan fingerprint density at radius 1 is 1.29 bits per heavy atom. The standard InChI is InChI=1S/C11H10FIN4/c12-3-4-17-10-8(6-15-17)2-1-7-5-14-11(13)16-9(7)10/h5-6H,1-4H2. The maximum atomic E-state index is 12.5. The van der Waals surface area contributed by atoms with Crippen molar-refractivity contribution in [2.24, 2.45) is 0 Å². The molecule has 2 heterocycles. The molecule has 2 aromatic rings. The molecule has 0 aromatic carbocycles. The van der Waals surface area contributed by atoms with Crippen LogP contribution >= 0.6 is 22.6 Å². The summed E-state index contributed by atoms with van der Waals surface area (Å²) in [5.41, 5.74) is 4.15. The summed E-state index contributed by atoms with van der Waals surface area (Å²) in [6, 6.07) is 0. The number of alkyl halides is 1. The molecule has 3 rings (SSSR count). The largest absolute Gasteiger partial charge is 0.260 e. The van der Waals surface area contributed by atoms with Gasteiger partial charge in [0, 0.05) is 34.4 Å². The molecule has 17 heavy (non-hydrogen) atoms. The zero-order valence-electron chi connectivity index (χ0n) is 9.03. The molecule has 0 fully saturated rings. The zero-order chi connectivity index (χ0) is 11.8. The predicted octanol–water partition coefficient (Wildman–Crippen LogP) is 2.01. The number of halogens is 2. The molecule has 0 unspecified atom stereocenters. The number of aryl methyl sites for hydroxylation is 3. The first-order valence-corrected chi connectivity index (χ1v) is 6.50. The third kappa shape index (κ3) is 1.84. The number of rotatable bonds is 2. The van der Waals surface area contributed by atoms with Gasteiger partial charge < -0.3 is 0 Å². The molecule has 1 aliphatic rings. The summed E-state index contributed by atoms with van der Waals surface area (Å²) < 4.78 is 14.9. The van der Waals surface area contributed by atoms with Gasteiger partial charge in [-0.15, -0.1) is 0 Å². The van der Waals surface area contributed by atoms with Crippen LogP contribution in [-0.2, 0) is 19.4 Å². The van der Waals surface area contributed by atoms with Crippen LogP contribution in [0.15, 0.2) is 12.4 Å². The van der Waals surface area contributed by atoms with Crippen molar-refractivity contribution in [3.63, 3.8) is 0 Å². The van der Waals surface area contributed by atoms with Crippen molar-refractivity contribution >= 4 is 22.6 Å². The van der Waals surface area contributed by atoms with E-state index in [9.17, 15) is 4.39 Å². The van der Waals surface area contributed by atoms with Crippen molar-refractivity contribution in [1.29, 1.82) is 0 Å². The van der Waals surface area contributed by atoms with Crippen LogP contribution in [0.3, 0.4) is 0 Å². The molecule has 0 spiro atoms. The molecular formula is C11H10FIN4. The lowest BCUT2D eigenvalue weighted by molar-refractivity contribution is 0.428. The van der Waals surface area contributed by atoms with Crippen LogP contribution in [0.5, 0.6) is 0 Å². The Labute approximate surface area is 111 Å². The maximum Gasteiger partial charge on any atom is 0.191 e. The lowest BCUT2D eigenvalue weighted by Gasteiger charge is -2.16. The number of hydrogen-bond acceptors (Lipinski definition) is 3. The van der Waals surface area contributed by atoms with E-state index in [0.29, 0.717) is 3.83 Å². The van der Waals surface area contributed by atoms with E-state index in [1.807, 2.05) is 12.4 Å². The fraction of sp³-hybridized carbons (Fsp3) is 0.364. The van der Waals surface area contributed by atoms with Crippen molar-refractivity contribution in [2.75, 3.05) is 6.67 Å². The topological polar surface area (TPSA) is 43.6 Å². The lowest BCUT2D eigenvalue weighted by atomic mass is 9.95. The number of aromatic nitrogens is 4. The van der Waals surface area contributed by atoms with E-state index in [4.69, 9.17) is 0 Å². The number of fused-ring (bicyclic) bond motifs is 3. The summed E-state index contributed by atoms with van der Waals surface area (Å²) in [5.74, 6) is 0. The molecule has 0 atom stereocenters. The monoisotopic (exact) mass is 344 g/mol. The highest BCUT2D eigenvalue weighted by atomic mass is 127. The first kappa shape index (κ1) is 11.1. The summed E-state index contributed by atoms with van der Waals surface area (Å²) >= 11 is 2.09. The number of hydrogen-bond donors (Lipinski definition) is 0. The fourth-order valence-electron chi connectivity index (χ4n) is 2.17. The molecule has 4 nitrogen and oxygen atoms in total. The van der Waals surface area contributed by atoms with E-state index in [1.54, 1.807) is 4.68 Å². The molecule has 0 bridgehead atoms. The summed E-state index contributed by atoms with van der Waals surface area (Å²) in [4.78, 5) is 8.66. The van der Waals surface area contributed by atoms with Crippen molar-refractivity contribution < 1.29 is 4.39 Å². The molecule has 0 radical (unpaired) electrons. The van der Waals surface area contributed by atoms with Gasteiger partial charge in [-0.2, -0.15) is 5.10 Å². The fourth-order valence-corrected chi connectivity index (χ4v) is 2.55. The molecule has 6 heteroatoms. The highest BCUT2D eigenvalue weighted by molar-refractivity contribution is 14.1. The van der Waals surface area contributed by atoms with Crippen LogP contribution in [0, 0.1) is 3.83 Å². The first-order valence-electron chi connectivity index (χ1n) is 5.42. The molecule has 0 saturated heterocycles. The second-order valence-electron chi connectivity index (χ2n) is 3.94. The van der Waals surface area contributed by atoms with E-state index in [1.165, 1.54) is 0 Å². The first-order chi connectivity index (χ1) is 8.29. The number of nitrogens with zero attached hydrogens (tertiary/aromatic N) is 4. The highest BCUT2D eigenvalue weighted by Gasteiger charge is 2.22. The molecule has 88 valence electrons. The Kier molecular flexibility index (Phi) is 2.81. The highest BCUT2D eigenvalue weighted by Crippen LogP contribution is 2.31. The molecule has 0 aliphatic heterocycles. The van der Waals surface area contributed by atoms with Gasteiger partial charge in [-0.1, -0.05) is 0 Å². The van der Waals surface area contributed by atoms with Crippen LogP contribution in [0.1, 0.15) is 11.1 Å². The van der Waals surface area contributed by atoms with Crippen molar-refractivity contribution in [3.8, 4) is 11.4 Å². The van der Waals surface area contributed by atoms with Gasteiger partial charge in [-0.25, -0.2) is 14.4 Å². The maximum absolute atomic E-state index is 12.5. The molecule has 2 aromatic heterocycles. The van der Waals surface area contributed by atoms with Crippen LogP contribution in [-0.4, -0.2) is 26.4 Å². The van der Waals surface area contributed by atoms with E-state index < -0.39 is 6.67 Å². The van der Waals surface area contributed by atoms with Crippen molar-refractivity contribution in [2.45, 2.75) is 19.4 Å². The van der Waals surface area contributed by atoms with Gasteiger partial charge in [-0.05, 0) is 18.4 Å². The minimum absolute atomic E-state index is 0.287. The smallest absolute Gasteiger partial charge is 0.191 e. The second-order valence-corrected chi connectivity index (χ2v) is 4.91. The average molecular weight is 344 g/mol. The quantitative estimate of drug-likeness (QED) is 0.618. The lowest BCUT2D eigenvalue weighted by Crippen LogP contribution is -2.12. The Morgan fingerprint density at radius 2 is 2.12 bits per heavy atom. The van der Waals surface area contributed by atoms with Gasteiger partial charge in [0.1, 0.15) is 6.67 Å². The SMILES string of the molecule is FCCn1ncc2c1-c1nc(I)ncc1CC2. The van der Waals surface area contributed by atoms with Crippen LogP contribution in [0.25, 0.3) is 11.4 Å². The van der Waals surface area contributed by atoms with E-state index in [-0.39, 0.29) is 6.54 Å². The van der Waals surface area contributed by atoms with Crippen LogP contribution in [0.2, 0.25) is 0 Å². The van der Waals surface area contributed by atoms with Gasteiger partial charge in [0.2, 0.25) is 0 Å². The molecule has 0 amide bonds. The normalized spacial score (nSPS) is 13.3. The summed E-state index contributed by atoms with van der Waals surface area (Å²) in [7, 11) is 0. The minimum atomic E-state index is -0.411. The Bertz CT molecular complexity index is 567. The van der Waals surface area contributed by atoms with Gasteiger partial charge in [-0.3, -0.25) is 4.68 Å². The van der Waals surface area contributed by atoms with Crippen molar-refractivity contribution in [3.05, 3.63) is 27.4 Å². The Morgan fingerprint density at radius 3 is 2.94 bits per heavy atom. The van der Waals surface area contributed by atoms with Gasteiger partial charge in [0.25, 0.3) is 0 Å².